The van der Waals surface area contributed by atoms with Gasteiger partial charge in [-0.2, -0.15) is 0 Å². The summed E-state index contributed by atoms with van der Waals surface area (Å²) in [6.07, 6.45) is 1.13. The topological polar surface area (TPSA) is 117 Å². The second-order valence-corrected chi connectivity index (χ2v) is 11.8. The van der Waals surface area contributed by atoms with Crippen LogP contribution in [0.1, 0.15) is 65.9 Å². The number of anilines is 1. The maximum absolute atomic E-state index is 12.8. The summed E-state index contributed by atoms with van der Waals surface area (Å²) in [5.41, 5.74) is 1.33. The van der Waals surface area contributed by atoms with Gasteiger partial charge >= 0.3 is 0 Å². The van der Waals surface area contributed by atoms with Gasteiger partial charge in [-0.1, -0.05) is 25.1 Å². The number of carbonyl (C=O) groups is 1. The summed E-state index contributed by atoms with van der Waals surface area (Å²) < 4.78 is 37.8. The van der Waals surface area contributed by atoms with E-state index in [1.165, 1.54) is 6.33 Å². The van der Waals surface area contributed by atoms with Gasteiger partial charge in [0.1, 0.15) is 25.1 Å². The van der Waals surface area contributed by atoms with Gasteiger partial charge in [0.05, 0.1) is 12.4 Å². The zero-order valence-corrected chi connectivity index (χ0v) is 25.6. The number of rotatable bonds is 14. The van der Waals surface area contributed by atoms with Crippen molar-refractivity contribution in [2.24, 2.45) is 0 Å². The minimum atomic E-state index is -1.60. The second-order valence-electron chi connectivity index (χ2n) is 10.4. The molecule has 4 rings (SSSR count). The fourth-order valence-electron chi connectivity index (χ4n) is 4.78. The SMILES string of the molecule is [2H]C[C@H]1O[C@@H](n2cnc3c(NC(=O)c4ccccc4)ncnc32)C(OCCC)C1OP(OCC[N+]#[C-])N(C(C)C)C(C)C. The Labute approximate surface area is 249 Å². The van der Waals surface area contributed by atoms with Crippen LogP contribution in [0.15, 0.2) is 43.0 Å². The Hall–Kier alpha value is -3.04. The van der Waals surface area contributed by atoms with Crippen LogP contribution in [-0.2, 0) is 18.5 Å². The summed E-state index contributed by atoms with van der Waals surface area (Å²) in [5, 5.41) is 2.83. The molecule has 1 amide bonds. The van der Waals surface area contributed by atoms with Crippen LogP contribution in [0.2, 0.25) is 0 Å². The van der Waals surface area contributed by atoms with Crippen molar-refractivity contribution in [1.29, 1.82) is 0 Å². The molecule has 0 spiro atoms. The van der Waals surface area contributed by atoms with Crippen LogP contribution < -0.4 is 5.32 Å². The molecule has 13 heteroatoms. The van der Waals surface area contributed by atoms with Gasteiger partial charge in [-0.25, -0.2) is 26.2 Å². The number of imidazole rings is 1. The van der Waals surface area contributed by atoms with Crippen molar-refractivity contribution in [2.45, 2.75) is 84.6 Å². The van der Waals surface area contributed by atoms with Crippen molar-refractivity contribution < 1.29 is 24.7 Å². The van der Waals surface area contributed by atoms with Crippen LogP contribution >= 0.6 is 8.53 Å². The van der Waals surface area contributed by atoms with Gasteiger partial charge in [0.2, 0.25) is 6.54 Å². The molecule has 1 fully saturated rings. The average Bonchev–Trinajstić information content (AvgIpc) is 3.57. The molecule has 3 aromatic rings. The molecule has 0 radical (unpaired) electrons. The minimum absolute atomic E-state index is 0.0677. The molecular formula is C29H40N7O5P. The fourth-order valence-corrected chi connectivity index (χ4v) is 6.54. The number of benzene rings is 1. The average molecular weight is 599 g/mol. The van der Waals surface area contributed by atoms with Crippen LogP contribution in [0, 0.1) is 6.57 Å². The number of carbonyl (C=O) groups excluding carboxylic acids is 1. The van der Waals surface area contributed by atoms with Crippen molar-refractivity contribution >= 4 is 31.4 Å². The number of hydrogen-bond donors (Lipinski definition) is 1. The van der Waals surface area contributed by atoms with E-state index in [0.717, 1.165) is 6.42 Å². The highest BCUT2D eigenvalue weighted by atomic mass is 31.2. The number of hydrogen-bond acceptors (Lipinski definition) is 9. The Balaban J connectivity index is 1.66. The second kappa shape index (κ2) is 14.9. The Morgan fingerprint density at radius 1 is 1.19 bits per heavy atom. The van der Waals surface area contributed by atoms with Gasteiger partial charge in [-0.3, -0.25) is 9.36 Å². The monoisotopic (exact) mass is 598 g/mol. The van der Waals surface area contributed by atoms with Crippen LogP contribution in [0.25, 0.3) is 16.0 Å². The summed E-state index contributed by atoms with van der Waals surface area (Å²) in [7, 11) is -1.60. The summed E-state index contributed by atoms with van der Waals surface area (Å²) in [5.74, 6) is -0.0432. The lowest BCUT2D eigenvalue weighted by Gasteiger charge is -2.37. The van der Waals surface area contributed by atoms with Crippen molar-refractivity contribution in [3.8, 4) is 0 Å². The van der Waals surface area contributed by atoms with Crippen molar-refractivity contribution in [3.63, 3.8) is 0 Å². The summed E-state index contributed by atoms with van der Waals surface area (Å²) >= 11 is 0. The zero-order chi connectivity index (χ0) is 30.9. The molecule has 0 saturated carbocycles. The first-order chi connectivity index (χ1) is 20.8. The standard InChI is InChI=1S/C29H40N7O5P/c1-8-15-38-25-24(41-42(39-16-14-30-7)36(19(2)3)20(4)5)21(6)40-29(25)35-18-33-23-26(31-17-32-27(23)35)34-28(37)22-12-10-9-11-13-22/h9-13,17-21,24-25,29H,8,14-16H2,1-6H3,(H,31,32,34,37)/t21-,24?,25?,29-,42?/m1/s1/i6D. The number of amides is 1. The van der Waals surface area contributed by atoms with Gasteiger partial charge in [0.25, 0.3) is 14.4 Å². The molecule has 2 aromatic heterocycles. The number of nitrogens with one attached hydrogen (secondary N) is 1. The van der Waals surface area contributed by atoms with Gasteiger partial charge in [0.15, 0.2) is 23.2 Å². The van der Waals surface area contributed by atoms with Crippen molar-refractivity contribution in [2.75, 3.05) is 25.1 Å². The Morgan fingerprint density at radius 2 is 1.95 bits per heavy atom. The molecule has 42 heavy (non-hydrogen) atoms. The van der Waals surface area contributed by atoms with E-state index in [-0.39, 0.29) is 43.9 Å². The molecule has 12 nitrogen and oxygen atoms in total. The highest BCUT2D eigenvalue weighted by Gasteiger charge is 2.48. The van der Waals surface area contributed by atoms with E-state index in [4.69, 9.17) is 26.5 Å². The Morgan fingerprint density at radius 3 is 2.62 bits per heavy atom. The van der Waals surface area contributed by atoms with Gasteiger partial charge in [0, 0.05) is 25.6 Å². The highest BCUT2D eigenvalue weighted by Crippen LogP contribution is 2.50. The van der Waals surface area contributed by atoms with Crippen LogP contribution in [0.3, 0.4) is 0 Å². The molecule has 5 atom stereocenters. The first-order valence-electron chi connectivity index (χ1n) is 14.8. The van der Waals surface area contributed by atoms with Crippen molar-refractivity contribution in [3.05, 3.63) is 60.0 Å². The smallest absolute Gasteiger partial charge is 0.259 e. The molecule has 0 bridgehead atoms. The van der Waals surface area contributed by atoms with Crippen molar-refractivity contribution in [1.82, 2.24) is 24.2 Å². The van der Waals surface area contributed by atoms with Gasteiger partial charge in [-0.15, -0.1) is 0 Å². The summed E-state index contributed by atoms with van der Waals surface area (Å²) in [6, 6.07) is 9.08. The molecule has 1 aliphatic rings. The molecule has 3 unspecified atom stereocenters. The maximum Gasteiger partial charge on any atom is 0.259 e. The lowest BCUT2D eigenvalue weighted by atomic mass is 10.1. The van der Waals surface area contributed by atoms with Crippen LogP contribution in [-0.4, -0.2) is 80.3 Å². The minimum Gasteiger partial charge on any atom is -0.371 e. The van der Waals surface area contributed by atoms with Gasteiger partial charge < -0.3 is 28.7 Å². The van der Waals surface area contributed by atoms with Gasteiger partial charge in [-0.05, 0) is 53.1 Å². The molecule has 226 valence electrons. The molecule has 3 heterocycles. The Bertz CT molecular complexity index is 1360. The number of ether oxygens (including phenoxy) is 2. The van der Waals surface area contributed by atoms with E-state index in [1.807, 2.05) is 13.0 Å². The first kappa shape index (κ1) is 30.4. The molecule has 1 saturated heterocycles. The predicted molar refractivity (Wildman–Crippen MR) is 161 cm³/mol. The molecular weight excluding hydrogens is 557 g/mol. The molecule has 1 N–H and O–H groups in total. The quantitative estimate of drug-likeness (QED) is 0.147. The van der Waals surface area contributed by atoms with Crippen LogP contribution in [0.5, 0.6) is 0 Å². The van der Waals surface area contributed by atoms with Crippen LogP contribution in [0.4, 0.5) is 5.82 Å². The summed E-state index contributed by atoms with van der Waals surface area (Å²) in [6.45, 7) is 18.3. The fraction of sp³-hybridized carbons (Fsp3) is 0.552. The largest absolute Gasteiger partial charge is 0.371 e. The third-order valence-electron chi connectivity index (χ3n) is 6.56. The third kappa shape index (κ3) is 7.29. The predicted octanol–water partition coefficient (Wildman–Crippen LogP) is 5.46. The third-order valence-corrected chi connectivity index (χ3v) is 8.69. The number of aromatic nitrogens is 4. The molecule has 0 aliphatic carbocycles. The number of nitrogens with zero attached hydrogens (tertiary/aromatic N) is 6. The number of fused-ring (bicyclic) bond motifs is 1. The van der Waals surface area contributed by atoms with E-state index < -0.39 is 33.1 Å². The lowest BCUT2D eigenvalue weighted by Crippen LogP contribution is -2.39. The Kier molecular flexibility index (Phi) is 10.8. The summed E-state index contributed by atoms with van der Waals surface area (Å²) in [4.78, 5) is 29.5. The van der Waals surface area contributed by atoms with E-state index in [0.29, 0.717) is 23.3 Å². The van der Waals surface area contributed by atoms with E-state index in [2.05, 4.69) is 57.5 Å². The van der Waals surface area contributed by atoms with E-state index >= 15 is 0 Å². The van der Waals surface area contributed by atoms with E-state index in [9.17, 15) is 4.79 Å². The molecule has 1 aliphatic heterocycles. The molecule has 1 aromatic carbocycles. The first-order valence-corrected chi connectivity index (χ1v) is 15.2. The zero-order valence-electron chi connectivity index (χ0n) is 25.7. The van der Waals surface area contributed by atoms with E-state index in [1.54, 1.807) is 35.2 Å². The maximum atomic E-state index is 12.8. The normalized spacial score (nSPS) is 21.6. The lowest BCUT2D eigenvalue weighted by molar-refractivity contribution is -0.0644. The highest BCUT2D eigenvalue weighted by molar-refractivity contribution is 7.44.